The molecule has 1 aliphatic carbocycles. The van der Waals surface area contributed by atoms with Crippen LogP contribution >= 0.6 is 22.9 Å². The molecule has 1 aromatic heterocycles. The highest BCUT2D eigenvalue weighted by atomic mass is 35.5. The number of benzene rings is 2. The van der Waals surface area contributed by atoms with Crippen LogP contribution in [0.2, 0.25) is 0 Å². The number of rotatable bonds is 6. The van der Waals surface area contributed by atoms with Crippen LogP contribution in [0.15, 0.2) is 48.5 Å². The molecule has 1 saturated heterocycles. The second-order valence-corrected chi connectivity index (χ2v) is 10.3. The van der Waals surface area contributed by atoms with Gasteiger partial charge in [-0.1, -0.05) is 35.6 Å². The molecule has 0 bridgehead atoms. The maximum Gasteiger partial charge on any atom is 0.228 e. The van der Waals surface area contributed by atoms with Gasteiger partial charge in [0.25, 0.3) is 0 Å². The third-order valence-corrected chi connectivity index (χ3v) is 8.25. The second-order valence-electron chi connectivity index (χ2n) is 8.82. The molecular weight excluding hydrogens is 475 g/mol. The predicted molar refractivity (Wildman–Crippen MR) is 134 cm³/mol. The van der Waals surface area contributed by atoms with Crippen LogP contribution in [-0.4, -0.2) is 47.2 Å². The van der Waals surface area contributed by atoms with Gasteiger partial charge in [-0.2, -0.15) is 0 Å². The lowest BCUT2D eigenvalue weighted by Crippen LogP contribution is -2.50. The molecule has 3 aromatic rings. The summed E-state index contributed by atoms with van der Waals surface area (Å²) in [6.45, 7) is 0.879. The highest BCUT2D eigenvalue weighted by Gasteiger charge is 2.43. The lowest BCUT2D eigenvalue weighted by atomic mass is 9.82. The van der Waals surface area contributed by atoms with Crippen LogP contribution in [0.25, 0.3) is 10.6 Å². The summed E-state index contributed by atoms with van der Waals surface area (Å²) >= 11 is 8.38. The number of amides is 1. The topological polar surface area (TPSA) is 82.2 Å². The number of carbonyl (C=O) groups excluding carboxylic acids is 1. The van der Waals surface area contributed by atoms with Crippen LogP contribution in [0.1, 0.15) is 18.4 Å². The van der Waals surface area contributed by atoms with E-state index < -0.39 is 0 Å². The fraction of sp³-hybridized carbons (Fsp3) is 0.375. The van der Waals surface area contributed by atoms with Gasteiger partial charge in [0, 0.05) is 42.8 Å². The summed E-state index contributed by atoms with van der Waals surface area (Å²) in [5.41, 5.74) is 8.87. The maximum absolute atomic E-state index is 13.1. The Labute approximate surface area is 206 Å². The molecule has 2 heterocycles. The number of aromatic nitrogens is 2. The number of alkyl halides is 1. The summed E-state index contributed by atoms with van der Waals surface area (Å²) in [5.74, 6) is -0.0905. The van der Waals surface area contributed by atoms with Gasteiger partial charge in [0.2, 0.25) is 11.0 Å². The number of carbonyl (C=O) groups is 1. The van der Waals surface area contributed by atoms with Crippen LogP contribution in [0, 0.1) is 11.7 Å². The summed E-state index contributed by atoms with van der Waals surface area (Å²) < 4.78 is 13.1. The molecule has 4 atom stereocenters. The Morgan fingerprint density at radius 1 is 1.24 bits per heavy atom. The molecule has 2 aliphatic rings. The first-order valence-corrected chi connectivity index (χ1v) is 12.6. The molecule has 3 N–H and O–H groups in total. The molecule has 2 fully saturated rings. The van der Waals surface area contributed by atoms with E-state index in [0.717, 1.165) is 40.7 Å². The van der Waals surface area contributed by atoms with Crippen LogP contribution in [0.4, 0.5) is 15.2 Å². The van der Waals surface area contributed by atoms with Crippen LogP contribution in [-0.2, 0) is 11.2 Å². The molecule has 0 spiro atoms. The number of nitrogens with zero attached hydrogens (tertiary/aromatic N) is 3. The molecule has 1 saturated carbocycles. The number of halogens is 2. The standard InChI is InChI=1S/C24H26ClFN6OS/c1-32(20-10-9-19-18(22(20)25)13-27-29-19)24-31-30-23(34-24)15-3-2-4-17(12-15)28-21(33)11-14-5-7-16(26)8-6-14/h2-8,12,18-20,22,27,29H,9-11,13H2,1H3,(H,28,33). The van der Waals surface area contributed by atoms with Crippen molar-refractivity contribution in [2.75, 3.05) is 23.8 Å². The Balaban J connectivity index is 1.25. The summed E-state index contributed by atoms with van der Waals surface area (Å²) in [5, 5.41) is 13.4. The van der Waals surface area contributed by atoms with Crippen LogP contribution < -0.4 is 21.1 Å². The van der Waals surface area contributed by atoms with E-state index in [4.69, 9.17) is 11.6 Å². The zero-order chi connectivity index (χ0) is 23.7. The number of nitrogens with one attached hydrogen (secondary N) is 3. The van der Waals surface area contributed by atoms with Gasteiger partial charge in [-0.25, -0.2) is 4.39 Å². The number of fused-ring (bicyclic) bond motifs is 1. The first-order chi connectivity index (χ1) is 16.5. The molecule has 34 heavy (non-hydrogen) atoms. The van der Waals surface area contributed by atoms with Crippen molar-refractivity contribution in [3.8, 4) is 10.6 Å². The smallest absolute Gasteiger partial charge is 0.228 e. The molecule has 5 rings (SSSR count). The van der Waals surface area contributed by atoms with Gasteiger partial charge in [-0.15, -0.1) is 21.8 Å². The average Bonchev–Trinajstić information content (AvgIpc) is 3.51. The largest absolute Gasteiger partial charge is 0.345 e. The second kappa shape index (κ2) is 9.95. The summed E-state index contributed by atoms with van der Waals surface area (Å²) in [6, 6.07) is 14.1. The fourth-order valence-electron chi connectivity index (χ4n) is 4.72. The molecule has 2 aromatic carbocycles. The van der Waals surface area contributed by atoms with Gasteiger partial charge < -0.3 is 10.2 Å². The zero-order valence-corrected chi connectivity index (χ0v) is 20.2. The number of hydrogen-bond donors (Lipinski definition) is 3. The van der Waals surface area contributed by atoms with Gasteiger partial charge in [0.1, 0.15) is 10.8 Å². The van der Waals surface area contributed by atoms with Crippen molar-refractivity contribution >= 4 is 39.7 Å². The highest BCUT2D eigenvalue weighted by Crippen LogP contribution is 2.37. The molecule has 4 unspecified atom stereocenters. The van der Waals surface area contributed by atoms with E-state index in [9.17, 15) is 9.18 Å². The molecule has 0 radical (unpaired) electrons. The lowest BCUT2D eigenvalue weighted by Gasteiger charge is -2.40. The Morgan fingerprint density at radius 2 is 2.06 bits per heavy atom. The van der Waals surface area contributed by atoms with Crippen molar-refractivity contribution in [1.29, 1.82) is 0 Å². The van der Waals surface area contributed by atoms with Gasteiger partial charge in [-0.05, 0) is 42.7 Å². The normalized spacial score (nSPS) is 24.0. The van der Waals surface area contributed by atoms with Crippen molar-refractivity contribution in [2.45, 2.75) is 36.7 Å². The van der Waals surface area contributed by atoms with Crippen molar-refractivity contribution in [3.05, 3.63) is 59.9 Å². The molecule has 10 heteroatoms. The van der Waals surface area contributed by atoms with Crippen LogP contribution in [0.5, 0.6) is 0 Å². The quantitative estimate of drug-likeness (QED) is 0.446. The first-order valence-electron chi connectivity index (χ1n) is 11.3. The Bertz CT molecular complexity index is 1160. The van der Waals surface area contributed by atoms with E-state index in [0.29, 0.717) is 17.6 Å². The Hall–Kier alpha value is -2.59. The van der Waals surface area contributed by atoms with Crippen molar-refractivity contribution in [2.24, 2.45) is 5.92 Å². The first kappa shape index (κ1) is 23.2. The summed E-state index contributed by atoms with van der Waals surface area (Å²) in [4.78, 5) is 14.6. The third kappa shape index (κ3) is 4.93. The van der Waals surface area contributed by atoms with E-state index >= 15 is 0 Å². The molecule has 178 valence electrons. The van der Waals surface area contributed by atoms with Crippen molar-refractivity contribution in [1.82, 2.24) is 21.0 Å². The van der Waals surface area contributed by atoms with Crippen LogP contribution in [0.3, 0.4) is 0 Å². The van der Waals surface area contributed by atoms with E-state index in [1.54, 1.807) is 12.1 Å². The van der Waals surface area contributed by atoms with Crippen molar-refractivity contribution in [3.63, 3.8) is 0 Å². The van der Waals surface area contributed by atoms with Crippen molar-refractivity contribution < 1.29 is 9.18 Å². The molecular formula is C24H26ClFN6OS. The molecule has 1 amide bonds. The summed E-state index contributed by atoms with van der Waals surface area (Å²) in [6.07, 6.45) is 2.23. The van der Waals surface area contributed by atoms with E-state index in [-0.39, 0.29) is 29.6 Å². The average molecular weight is 501 g/mol. The fourth-order valence-corrected chi connectivity index (χ4v) is 6.14. The van der Waals surface area contributed by atoms with Gasteiger partial charge in [0.05, 0.1) is 11.8 Å². The minimum Gasteiger partial charge on any atom is -0.345 e. The molecule has 1 aliphatic heterocycles. The maximum atomic E-state index is 13.1. The number of hydrogen-bond acceptors (Lipinski definition) is 7. The Kier molecular flexibility index (Phi) is 6.78. The van der Waals surface area contributed by atoms with E-state index in [2.05, 4.69) is 31.3 Å². The monoisotopic (exact) mass is 500 g/mol. The number of hydrazine groups is 1. The minimum atomic E-state index is -0.319. The third-order valence-electron chi connectivity index (χ3n) is 6.58. The minimum absolute atomic E-state index is 0.0262. The Morgan fingerprint density at radius 3 is 2.88 bits per heavy atom. The summed E-state index contributed by atoms with van der Waals surface area (Å²) in [7, 11) is 2.03. The van der Waals surface area contributed by atoms with Gasteiger partial charge in [0.15, 0.2) is 0 Å². The van der Waals surface area contributed by atoms with E-state index in [1.807, 2.05) is 31.3 Å². The van der Waals surface area contributed by atoms with Gasteiger partial charge >= 0.3 is 0 Å². The molecule has 7 nitrogen and oxygen atoms in total. The highest BCUT2D eigenvalue weighted by molar-refractivity contribution is 7.18. The SMILES string of the molecule is CN(c1nnc(-c2cccc(NC(=O)Cc3ccc(F)cc3)c2)s1)C1CCC2NNCC2C1Cl. The predicted octanol–water partition coefficient (Wildman–Crippen LogP) is 3.82. The lowest BCUT2D eigenvalue weighted by molar-refractivity contribution is -0.115. The van der Waals surface area contributed by atoms with Gasteiger partial charge in [-0.3, -0.25) is 15.6 Å². The number of anilines is 2. The zero-order valence-electron chi connectivity index (χ0n) is 18.7. The van der Waals surface area contributed by atoms with E-state index in [1.165, 1.54) is 23.5 Å².